The van der Waals surface area contributed by atoms with Gasteiger partial charge in [0.2, 0.25) is 0 Å². The number of fused-ring (bicyclic) bond motifs is 1. The van der Waals surface area contributed by atoms with E-state index in [2.05, 4.69) is 4.98 Å². The summed E-state index contributed by atoms with van der Waals surface area (Å²) in [6, 6.07) is 9.24. The SMILES string of the molecule is Nc1cccc(Cn2ccc3sccc3c2=O)n1. The molecule has 0 atom stereocenters. The number of pyridine rings is 2. The Morgan fingerprint density at radius 1 is 1.28 bits per heavy atom. The van der Waals surface area contributed by atoms with Gasteiger partial charge in [-0.25, -0.2) is 4.98 Å². The monoisotopic (exact) mass is 257 g/mol. The van der Waals surface area contributed by atoms with Crippen molar-refractivity contribution < 1.29 is 0 Å². The van der Waals surface area contributed by atoms with Crippen LogP contribution in [0.25, 0.3) is 10.1 Å². The third-order valence-corrected chi connectivity index (χ3v) is 3.64. The predicted molar refractivity (Wildman–Crippen MR) is 73.8 cm³/mol. The van der Waals surface area contributed by atoms with Crippen LogP contribution in [0.3, 0.4) is 0 Å². The number of nitrogen functional groups attached to an aromatic ring is 1. The van der Waals surface area contributed by atoms with Crippen LogP contribution >= 0.6 is 11.3 Å². The third kappa shape index (κ3) is 1.89. The van der Waals surface area contributed by atoms with Crippen molar-refractivity contribution in [3.05, 3.63) is 58.0 Å². The molecule has 0 aliphatic heterocycles. The van der Waals surface area contributed by atoms with Gasteiger partial charge in [-0.3, -0.25) is 4.79 Å². The molecule has 90 valence electrons. The summed E-state index contributed by atoms with van der Waals surface area (Å²) in [5, 5.41) is 2.68. The summed E-state index contributed by atoms with van der Waals surface area (Å²) in [6.07, 6.45) is 1.80. The number of nitrogens with zero attached hydrogens (tertiary/aromatic N) is 2. The van der Waals surface area contributed by atoms with Gasteiger partial charge in [-0.15, -0.1) is 11.3 Å². The van der Waals surface area contributed by atoms with Crippen molar-refractivity contribution in [2.24, 2.45) is 0 Å². The van der Waals surface area contributed by atoms with Crippen LogP contribution in [-0.4, -0.2) is 9.55 Å². The van der Waals surface area contributed by atoms with Gasteiger partial charge in [0.25, 0.3) is 5.56 Å². The molecule has 0 bridgehead atoms. The molecule has 0 unspecified atom stereocenters. The number of nitrogens with two attached hydrogens (primary N) is 1. The molecule has 3 rings (SSSR count). The minimum absolute atomic E-state index is 0.0120. The summed E-state index contributed by atoms with van der Waals surface area (Å²) in [5.41, 5.74) is 6.42. The topological polar surface area (TPSA) is 60.9 Å². The first-order chi connectivity index (χ1) is 8.74. The molecule has 3 heterocycles. The van der Waals surface area contributed by atoms with Gasteiger partial charge in [0.1, 0.15) is 5.82 Å². The summed E-state index contributed by atoms with van der Waals surface area (Å²) >= 11 is 1.57. The summed E-state index contributed by atoms with van der Waals surface area (Å²) in [7, 11) is 0. The Morgan fingerprint density at radius 2 is 2.17 bits per heavy atom. The summed E-state index contributed by atoms with van der Waals surface area (Å²) < 4.78 is 2.66. The molecule has 0 aromatic carbocycles. The Labute approximate surface area is 107 Å². The minimum Gasteiger partial charge on any atom is -0.384 e. The van der Waals surface area contributed by atoms with Crippen molar-refractivity contribution in [2.45, 2.75) is 6.54 Å². The van der Waals surface area contributed by atoms with Gasteiger partial charge >= 0.3 is 0 Å². The molecular weight excluding hydrogens is 246 g/mol. The molecule has 0 spiro atoms. The third-order valence-electron chi connectivity index (χ3n) is 2.75. The predicted octanol–water partition coefficient (Wildman–Crippen LogP) is 2.09. The molecule has 0 saturated heterocycles. The summed E-state index contributed by atoms with van der Waals surface area (Å²) in [5.74, 6) is 0.470. The van der Waals surface area contributed by atoms with E-state index in [1.165, 1.54) is 0 Å². The van der Waals surface area contributed by atoms with Gasteiger partial charge in [-0.1, -0.05) is 6.07 Å². The number of hydrogen-bond acceptors (Lipinski definition) is 4. The zero-order valence-electron chi connectivity index (χ0n) is 9.54. The molecule has 0 radical (unpaired) electrons. The standard InChI is InChI=1S/C13H11N3OS/c14-12-3-1-2-9(15-12)8-16-6-4-11-10(13(16)17)5-7-18-11/h1-7H,8H2,(H2,14,15). The van der Waals surface area contributed by atoms with E-state index >= 15 is 0 Å². The molecule has 3 aromatic heterocycles. The highest BCUT2D eigenvalue weighted by atomic mass is 32.1. The van der Waals surface area contributed by atoms with Gasteiger partial charge in [0.15, 0.2) is 0 Å². The normalized spacial score (nSPS) is 10.9. The molecule has 3 aromatic rings. The van der Waals surface area contributed by atoms with Crippen molar-refractivity contribution >= 4 is 27.2 Å². The highest BCUT2D eigenvalue weighted by molar-refractivity contribution is 7.17. The van der Waals surface area contributed by atoms with E-state index in [4.69, 9.17) is 5.73 Å². The maximum absolute atomic E-state index is 12.2. The lowest BCUT2D eigenvalue weighted by Crippen LogP contribution is -2.20. The molecule has 2 N–H and O–H groups in total. The van der Waals surface area contributed by atoms with Crippen LogP contribution in [-0.2, 0) is 6.54 Å². The summed E-state index contributed by atoms with van der Waals surface area (Å²) in [6.45, 7) is 0.440. The van der Waals surface area contributed by atoms with E-state index < -0.39 is 0 Å². The number of aromatic nitrogens is 2. The molecule has 5 heteroatoms. The Balaban J connectivity index is 2.05. The first kappa shape index (κ1) is 11.0. The van der Waals surface area contributed by atoms with E-state index in [0.29, 0.717) is 12.4 Å². The molecule has 0 saturated carbocycles. The summed E-state index contributed by atoms with van der Waals surface area (Å²) in [4.78, 5) is 16.4. The first-order valence-electron chi connectivity index (χ1n) is 5.52. The fraction of sp³-hybridized carbons (Fsp3) is 0.0769. The van der Waals surface area contributed by atoms with Crippen molar-refractivity contribution in [2.75, 3.05) is 5.73 Å². The second-order valence-corrected chi connectivity index (χ2v) is 4.95. The zero-order valence-corrected chi connectivity index (χ0v) is 10.4. The molecule has 4 nitrogen and oxygen atoms in total. The van der Waals surface area contributed by atoms with Crippen LogP contribution in [0.2, 0.25) is 0 Å². The fourth-order valence-electron chi connectivity index (χ4n) is 1.89. The Kier molecular flexibility index (Phi) is 2.60. The van der Waals surface area contributed by atoms with Crippen LogP contribution < -0.4 is 11.3 Å². The average Bonchev–Trinajstić information content (AvgIpc) is 2.82. The van der Waals surface area contributed by atoms with Gasteiger partial charge < -0.3 is 10.3 Å². The van der Waals surface area contributed by atoms with Crippen molar-refractivity contribution in [3.8, 4) is 0 Å². The van der Waals surface area contributed by atoms with Gasteiger partial charge in [0, 0.05) is 10.9 Å². The minimum atomic E-state index is 0.0120. The van der Waals surface area contributed by atoms with Crippen molar-refractivity contribution in [3.63, 3.8) is 0 Å². The van der Waals surface area contributed by atoms with Crippen LogP contribution in [0.5, 0.6) is 0 Å². The van der Waals surface area contributed by atoms with Crippen LogP contribution in [0.15, 0.2) is 46.7 Å². The van der Waals surface area contributed by atoms with E-state index in [1.54, 1.807) is 28.2 Å². The first-order valence-corrected chi connectivity index (χ1v) is 6.40. The van der Waals surface area contributed by atoms with E-state index in [-0.39, 0.29) is 5.56 Å². The highest BCUT2D eigenvalue weighted by Crippen LogP contribution is 2.16. The molecule has 0 aliphatic rings. The molecule has 0 fully saturated rings. The van der Waals surface area contributed by atoms with E-state index in [1.807, 2.05) is 29.6 Å². The van der Waals surface area contributed by atoms with Crippen LogP contribution in [0.1, 0.15) is 5.69 Å². The lowest BCUT2D eigenvalue weighted by Gasteiger charge is -2.05. The average molecular weight is 257 g/mol. The van der Waals surface area contributed by atoms with Crippen molar-refractivity contribution in [1.29, 1.82) is 0 Å². The quantitative estimate of drug-likeness (QED) is 0.764. The van der Waals surface area contributed by atoms with Gasteiger partial charge in [0.05, 0.1) is 17.6 Å². The fourth-order valence-corrected chi connectivity index (χ4v) is 2.66. The van der Waals surface area contributed by atoms with Gasteiger partial charge in [-0.2, -0.15) is 0 Å². The van der Waals surface area contributed by atoms with Crippen LogP contribution in [0, 0.1) is 0 Å². The maximum atomic E-state index is 12.2. The van der Waals surface area contributed by atoms with Gasteiger partial charge in [-0.05, 0) is 29.6 Å². The lowest BCUT2D eigenvalue weighted by molar-refractivity contribution is 0.749. The van der Waals surface area contributed by atoms with Crippen LogP contribution in [0.4, 0.5) is 5.82 Å². The van der Waals surface area contributed by atoms with Crippen molar-refractivity contribution in [1.82, 2.24) is 9.55 Å². The smallest absolute Gasteiger partial charge is 0.259 e. The molecule has 0 aliphatic carbocycles. The number of thiophene rings is 1. The molecule has 0 amide bonds. The molecular formula is C13H11N3OS. The Bertz CT molecular complexity index is 760. The number of rotatable bonds is 2. The lowest BCUT2D eigenvalue weighted by atomic mass is 10.3. The second-order valence-electron chi connectivity index (χ2n) is 4.00. The highest BCUT2D eigenvalue weighted by Gasteiger charge is 2.04. The van der Waals surface area contributed by atoms with E-state index in [0.717, 1.165) is 15.8 Å². The second kappa shape index (κ2) is 4.27. The number of hydrogen-bond donors (Lipinski definition) is 1. The zero-order chi connectivity index (χ0) is 12.5. The Morgan fingerprint density at radius 3 is 3.00 bits per heavy atom. The molecule has 18 heavy (non-hydrogen) atoms. The Hall–Kier alpha value is -2.14. The van der Waals surface area contributed by atoms with E-state index in [9.17, 15) is 4.79 Å². The maximum Gasteiger partial charge on any atom is 0.259 e. The largest absolute Gasteiger partial charge is 0.384 e. The number of anilines is 1.